The van der Waals surface area contributed by atoms with Gasteiger partial charge in [-0.3, -0.25) is 4.79 Å². The first-order valence-electron chi connectivity index (χ1n) is 4.54. The summed E-state index contributed by atoms with van der Waals surface area (Å²) in [5.41, 5.74) is 0.254. The number of esters is 1. The van der Waals surface area contributed by atoms with Gasteiger partial charge in [0, 0.05) is 7.11 Å². The summed E-state index contributed by atoms with van der Waals surface area (Å²) in [5, 5.41) is 0. The Morgan fingerprint density at radius 2 is 2.12 bits per heavy atom. The lowest BCUT2D eigenvalue weighted by Gasteiger charge is -2.10. The molecule has 5 heteroatoms. The van der Waals surface area contributed by atoms with Crippen molar-refractivity contribution in [2.24, 2.45) is 0 Å². The van der Waals surface area contributed by atoms with E-state index in [2.05, 4.69) is 4.74 Å². The van der Waals surface area contributed by atoms with Gasteiger partial charge >= 0.3 is 5.97 Å². The van der Waals surface area contributed by atoms with Crippen LogP contribution >= 0.6 is 0 Å². The molecule has 1 rings (SSSR count). The van der Waals surface area contributed by atoms with Gasteiger partial charge in [0.25, 0.3) is 0 Å². The minimum absolute atomic E-state index is 0.113. The molecule has 0 fully saturated rings. The number of hydrogen-bond donors (Lipinski definition) is 0. The zero-order valence-corrected chi connectivity index (χ0v) is 9.06. The van der Waals surface area contributed by atoms with Crippen LogP contribution in [0.4, 0.5) is 0 Å². The quantitative estimate of drug-likeness (QED) is 0.425. The second kappa shape index (κ2) is 5.87. The number of carbonyl (C=O) groups excluding carboxylic acids is 2. The van der Waals surface area contributed by atoms with E-state index in [1.165, 1.54) is 20.3 Å². The second-order valence-electron chi connectivity index (χ2n) is 2.90. The molecule has 0 bridgehead atoms. The van der Waals surface area contributed by atoms with E-state index in [-0.39, 0.29) is 17.9 Å². The lowest BCUT2D eigenvalue weighted by molar-refractivity contribution is -0.138. The van der Waals surface area contributed by atoms with Crippen molar-refractivity contribution in [2.45, 2.75) is 0 Å². The van der Waals surface area contributed by atoms with Crippen LogP contribution < -0.4 is 9.47 Å². The molecule has 0 saturated heterocycles. The van der Waals surface area contributed by atoms with Gasteiger partial charge in [-0.15, -0.1) is 0 Å². The molecular formula is C11H12O5. The maximum Gasteiger partial charge on any atom is 0.337 e. The molecule has 0 atom stereocenters. The highest BCUT2D eigenvalue weighted by Crippen LogP contribution is 2.29. The normalized spacial score (nSPS) is 9.62. The summed E-state index contributed by atoms with van der Waals surface area (Å²) in [6.07, 6.45) is 0.595. The van der Waals surface area contributed by atoms with Crippen LogP contribution in [0.3, 0.4) is 0 Å². The first kappa shape index (κ1) is 12.2. The van der Waals surface area contributed by atoms with Crippen LogP contribution in [0, 0.1) is 0 Å². The van der Waals surface area contributed by atoms with Gasteiger partial charge in [0.15, 0.2) is 17.8 Å². The second-order valence-corrected chi connectivity index (χ2v) is 2.90. The largest absolute Gasteiger partial charge is 0.493 e. The van der Waals surface area contributed by atoms with E-state index >= 15 is 0 Å². The van der Waals surface area contributed by atoms with Crippen molar-refractivity contribution in [1.82, 2.24) is 0 Å². The van der Waals surface area contributed by atoms with Gasteiger partial charge in [0.05, 0.1) is 12.7 Å². The van der Waals surface area contributed by atoms with Crippen LogP contribution in [-0.4, -0.2) is 33.1 Å². The van der Waals surface area contributed by atoms with Crippen molar-refractivity contribution in [3.8, 4) is 11.5 Å². The first-order valence-corrected chi connectivity index (χ1v) is 4.54. The average Bonchev–Trinajstić information content (AvgIpc) is 2.29. The van der Waals surface area contributed by atoms with Gasteiger partial charge < -0.3 is 14.2 Å². The summed E-state index contributed by atoms with van der Waals surface area (Å²) in [7, 11) is 2.81. The molecule has 0 amide bonds. The molecule has 0 unspecified atom stereocenters. The summed E-state index contributed by atoms with van der Waals surface area (Å²) in [6, 6.07) is 4.77. The Labute approximate surface area is 92.9 Å². The third-order valence-corrected chi connectivity index (χ3v) is 1.83. The molecule has 1 aromatic rings. The lowest BCUT2D eigenvalue weighted by atomic mass is 10.2. The summed E-state index contributed by atoms with van der Waals surface area (Å²) in [4.78, 5) is 22.0. The zero-order chi connectivity index (χ0) is 12.0. The maximum atomic E-state index is 11.2. The van der Waals surface area contributed by atoms with Gasteiger partial charge in [0.1, 0.15) is 6.61 Å². The summed E-state index contributed by atoms with van der Waals surface area (Å²) >= 11 is 0. The van der Waals surface area contributed by atoms with Crippen molar-refractivity contribution in [3.63, 3.8) is 0 Å². The van der Waals surface area contributed by atoms with E-state index in [0.29, 0.717) is 12.0 Å². The summed E-state index contributed by atoms with van der Waals surface area (Å²) in [5.74, 6) is -0.147. The molecule has 0 aliphatic carbocycles. The fourth-order valence-corrected chi connectivity index (χ4v) is 1.16. The molecule has 1 aromatic carbocycles. The highest BCUT2D eigenvalue weighted by Gasteiger charge is 2.14. The SMILES string of the molecule is COCC(=O)Oc1c(C=O)cccc1OC. The van der Waals surface area contributed by atoms with E-state index in [9.17, 15) is 9.59 Å². The van der Waals surface area contributed by atoms with Crippen LogP contribution in [0.5, 0.6) is 11.5 Å². The lowest BCUT2D eigenvalue weighted by Crippen LogP contribution is -2.15. The number of para-hydroxylation sites is 1. The smallest absolute Gasteiger partial charge is 0.337 e. The van der Waals surface area contributed by atoms with E-state index in [0.717, 1.165) is 0 Å². The number of hydrogen-bond acceptors (Lipinski definition) is 5. The highest BCUT2D eigenvalue weighted by atomic mass is 16.6. The number of ether oxygens (including phenoxy) is 3. The minimum atomic E-state index is -0.588. The van der Waals surface area contributed by atoms with Gasteiger partial charge in [-0.1, -0.05) is 6.07 Å². The number of methoxy groups -OCH3 is 2. The van der Waals surface area contributed by atoms with E-state index in [1.54, 1.807) is 12.1 Å². The molecule has 0 aliphatic rings. The fourth-order valence-electron chi connectivity index (χ4n) is 1.16. The van der Waals surface area contributed by atoms with Gasteiger partial charge in [0.2, 0.25) is 0 Å². The zero-order valence-electron chi connectivity index (χ0n) is 9.06. The molecule has 0 saturated carbocycles. The molecular weight excluding hydrogens is 212 g/mol. The molecule has 0 aromatic heterocycles. The van der Waals surface area contributed by atoms with Gasteiger partial charge in [-0.05, 0) is 12.1 Å². The Kier molecular flexibility index (Phi) is 4.47. The number of benzene rings is 1. The van der Waals surface area contributed by atoms with Crippen LogP contribution in [0.25, 0.3) is 0 Å². The Balaban J connectivity index is 2.99. The standard InChI is InChI=1S/C11H12O5/c1-14-7-10(13)16-11-8(6-12)4-3-5-9(11)15-2/h3-6H,7H2,1-2H3. The molecule has 0 heterocycles. The summed E-state index contributed by atoms with van der Waals surface area (Å²) in [6.45, 7) is -0.184. The van der Waals surface area contributed by atoms with Gasteiger partial charge in [-0.2, -0.15) is 0 Å². The molecule has 0 radical (unpaired) electrons. The van der Waals surface area contributed by atoms with Gasteiger partial charge in [-0.25, -0.2) is 4.79 Å². The highest BCUT2D eigenvalue weighted by molar-refractivity contribution is 5.84. The molecule has 16 heavy (non-hydrogen) atoms. The monoisotopic (exact) mass is 224 g/mol. The molecule has 5 nitrogen and oxygen atoms in total. The Hall–Kier alpha value is -1.88. The van der Waals surface area contributed by atoms with Crippen LogP contribution in [0.1, 0.15) is 10.4 Å². The van der Waals surface area contributed by atoms with Crippen molar-refractivity contribution in [2.75, 3.05) is 20.8 Å². The van der Waals surface area contributed by atoms with Crippen LogP contribution in [0.2, 0.25) is 0 Å². The predicted octanol–water partition coefficient (Wildman–Crippen LogP) is 1.06. The van der Waals surface area contributed by atoms with Crippen molar-refractivity contribution < 1.29 is 23.8 Å². The third-order valence-electron chi connectivity index (χ3n) is 1.83. The average molecular weight is 224 g/mol. The van der Waals surface area contributed by atoms with Crippen molar-refractivity contribution in [1.29, 1.82) is 0 Å². The predicted molar refractivity (Wildman–Crippen MR) is 55.9 cm³/mol. The van der Waals surface area contributed by atoms with Crippen molar-refractivity contribution >= 4 is 12.3 Å². The number of aldehydes is 1. The first-order chi connectivity index (χ1) is 7.72. The van der Waals surface area contributed by atoms with E-state index in [4.69, 9.17) is 9.47 Å². The van der Waals surface area contributed by atoms with Crippen molar-refractivity contribution in [3.05, 3.63) is 23.8 Å². The number of carbonyl (C=O) groups is 2. The van der Waals surface area contributed by atoms with Crippen LogP contribution in [0.15, 0.2) is 18.2 Å². The van der Waals surface area contributed by atoms with Crippen LogP contribution in [-0.2, 0) is 9.53 Å². The number of rotatable bonds is 5. The van der Waals surface area contributed by atoms with E-state index < -0.39 is 5.97 Å². The third kappa shape index (κ3) is 2.80. The molecule has 0 spiro atoms. The maximum absolute atomic E-state index is 11.2. The van der Waals surface area contributed by atoms with E-state index in [1.807, 2.05) is 0 Å². The Morgan fingerprint density at radius 3 is 2.69 bits per heavy atom. The fraction of sp³-hybridized carbons (Fsp3) is 0.273. The Bertz CT molecular complexity index is 386. The summed E-state index contributed by atoms with van der Waals surface area (Å²) < 4.78 is 14.6. The molecule has 0 N–H and O–H groups in total. The molecule has 0 aliphatic heterocycles. The molecule has 86 valence electrons. The minimum Gasteiger partial charge on any atom is -0.493 e. The topological polar surface area (TPSA) is 61.8 Å². The Morgan fingerprint density at radius 1 is 1.38 bits per heavy atom.